The lowest BCUT2D eigenvalue weighted by molar-refractivity contribution is -0.120. The SMILES string of the molecule is CCCCCCCn1c(CNC(=O)Cc2ccc(-c3ccccc3)cc2)nc2ccccc21. The Bertz CT molecular complexity index is 1160. The molecule has 1 heterocycles. The van der Waals surface area contributed by atoms with Crippen molar-refractivity contribution < 1.29 is 4.79 Å². The summed E-state index contributed by atoms with van der Waals surface area (Å²) in [7, 11) is 0. The van der Waals surface area contributed by atoms with Crippen molar-refractivity contribution in [2.24, 2.45) is 0 Å². The number of hydrogen-bond donors (Lipinski definition) is 1. The molecule has 0 bridgehead atoms. The zero-order valence-corrected chi connectivity index (χ0v) is 19.5. The van der Waals surface area contributed by atoms with Gasteiger partial charge in [0.15, 0.2) is 0 Å². The topological polar surface area (TPSA) is 46.9 Å². The fraction of sp³-hybridized carbons (Fsp3) is 0.310. The minimum Gasteiger partial charge on any atom is -0.349 e. The fourth-order valence-electron chi connectivity index (χ4n) is 4.25. The second kappa shape index (κ2) is 11.5. The van der Waals surface area contributed by atoms with Gasteiger partial charge in [-0.15, -0.1) is 0 Å². The van der Waals surface area contributed by atoms with E-state index in [4.69, 9.17) is 4.98 Å². The Morgan fingerprint density at radius 1 is 0.818 bits per heavy atom. The molecule has 4 rings (SSSR count). The molecule has 0 saturated heterocycles. The van der Waals surface area contributed by atoms with Crippen molar-refractivity contribution in [3.8, 4) is 11.1 Å². The number of imidazole rings is 1. The van der Waals surface area contributed by atoms with Crippen molar-refractivity contribution in [3.63, 3.8) is 0 Å². The molecular formula is C29H33N3O. The third-order valence-electron chi connectivity index (χ3n) is 6.09. The van der Waals surface area contributed by atoms with E-state index in [0.717, 1.165) is 41.0 Å². The summed E-state index contributed by atoms with van der Waals surface area (Å²) in [6, 6.07) is 26.7. The van der Waals surface area contributed by atoms with Crippen molar-refractivity contribution in [2.45, 2.75) is 58.5 Å². The van der Waals surface area contributed by atoms with Gasteiger partial charge in [0.05, 0.1) is 24.0 Å². The normalized spacial score (nSPS) is 11.1. The van der Waals surface area contributed by atoms with Crippen LogP contribution >= 0.6 is 0 Å². The lowest BCUT2D eigenvalue weighted by Crippen LogP contribution is -2.26. The van der Waals surface area contributed by atoms with Gasteiger partial charge in [0.2, 0.25) is 5.91 Å². The maximum atomic E-state index is 12.7. The molecule has 0 saturated carbocycles. The van der Waals surface area contributed by atoms with Gasteiger partial charge in [-0.25, -0.2) is 4.98 Å². The second-order valence-electron chi connectivity index (χ2n) is 8.60. The van der Waals surface area contributed by atoms with Gasteiger partial charge in [-0.2, -0.15) is 0 Å². The van der Waals surface area contributed by atoms with Crippen LogP contribution in [-0.4, -0.2) is 15.5 Å². The fourth-order valence-corrected chi connectivity index (χ4v) is 4.25. The molecule has 170 valence electrons. The van der Waals surface area contributed by atoms with Crippen LogP contribution in [0.5, 0.6) is 0 Å². The second-order valence-corrected chi connectivity index (χ2v) is 8.60. The molecule has 4 heteroatoms. The van der Waals surface area contributed by atoms with E-state index >= 15 is 0 Å². The number of aromatic nitrogens is 2. The van der Waals surface area contributed by atoms with Crippen LogP contribution in [0.3, 0.4) is 0 Å². The van der Waals surface area contributed by atoms with E-state index in [1.807, 2.05) is 42.5 Å². The van der Waals surface area contributed by atoms with E-state index in [1.165, 1.54) is 31.2 Å². The van der Waals surface area contributed by atoms with Crippen molar-refractivity contribution in [1.82, 2.24) is 14.9 Å². The number of nitrogens with one attached hydrogen (secondary N) is 1. The van der Waals surface area contributed by atoms with Crippen LogP contribution in [0.25, 0.3) is 22.2 Å². The number of aryl methyl sites for hydroxylation is 1. The molecule has 4 aromatic rings. The van der Waals surface area contributed by atoms with Crippen LogP contribution in [0.15, 0.2) is 78.9 Å². The number of carbonyl (C=O) groups excluding carboxylic acids is 1. The predicted molar refractivity (Wildman–Crippen MR) is 136 cm³/mol. The molecule has 0 fully saturated rings. The number of unbranched alkanes of at least 4 members (excludes halogenated alkanes) is 4. The summed E-state index contributed by atoms with van der Waals surface area (Å²) in [6.07, 6.45) is 6.55. The van der Waals surface area contributed by atoms with Gasteiger partial charge in [0, 0.05) is 6.54 Å². The zero-order chi connectivity index (χ0) is 22.9. The molecule has 0 aliphatic carbocycles. The van der Waals surface area contributed by atoms with Crippen LogP contribution in [0.2, 0.25) is 0 Å². The first-order valence-corrected chi connectivity index (χ1v) is 12.1. The maximum Gasteiger partial charge on any atom is 0.224 e. The standard InChI is InChI=1S/C29H33N3O/c1-2-3-4-5-11-20-32-27-15-10-9-14-26(27)31-28(32)22-30-29(33)21-23-16-18-25(19-17-23)24-12-7-6-8-13-24/h6-10,12-19H,2-5,11,20-22H2,1H3,(H,30,33). The molecule has 33 heavy (non-hydrogen) atoms. The van der Waals surface area contributed by atoms with Gasteiger partial charge in [-0.1, -0.05) is 99.3 Å². The molecule has 0 aliphatic rings. The minimum absolute atomic E-state index is 0.0176. The summed E-state index contributed by atoms with van der Waals surface area (Å²) >= 11 is 0. The van der Waals surface area contributed by atoms with Crippen LogP contribution in [0, 0.1) is 0 Å². The first-order chi connectivity index (χ1) is 16.2. The Labute approximate surface area is 196 Å². The maximum absolute atomic E-state index is 12.7. The van der Waals surface area contributed by atoms with Gasteiger partial charge in [0.1, 0.15) is 5.82 Å². The largest absolute Gasteiger partial charge is 0.349 e. The average Bonchev–Trinajstić information content (AvgIpc) is 3.21. The Hall–Kier alpha value is -3.40. The minimum atomic E-state index is 0.0176. The van der Waals surface area contributed by atoms with Crippen molar-refractivity contribution in [1.29, 1.82) is 0 Å². The monoisotopic (exact) mass is 439 g/mol. The molecule has 1 aromatic heterocycles. The number of benzene rings is 3. The number of rotatable bonds is 11. The summed E-state index contributed by atoms with van der Waals surface area (Å²) in [5, 5.41) is 3.08. The van der Waals surface area contributed by atoms with Crippen LogP contribution in [-0.2, 0) is 24.3 Å². The molecule has 1 N–H and O–H groups in total. The molecule has 0 aliphatic heterocycles. The highest BCUT2D eigenvalue weighted by Gasteiger charge is 2.12. The average molecular weight is 440 g/mol. The molecular weight excluding hydrogens is 406 g/mol. The molecule has 1 amide bonds. The van der Waals surface area contributed by atoms with Gasteiger partial charge in [-0.3, -0.25) is 4.79 Å². The lowest BCUT2D eigenvalue weighted by atomic mass is 10.0. The van der Waals surface area contributed by atoms with E-state index in [-0.39, 0.29) is 5.91 Å². The first kappa shape index (κ1) is 22.8. The number of amides is 1. The van der Waals surface area contributed by atoms with E-state index in [1.54, 1.807) is 0 Å². The molecule has 0 unspecified atom stereocenters. The smallest absolute Gasteiger partial charge is 0.224 e. The van der Waals surface area contributed by atoms with E-state index in [2.05, 4.69) is 53.2 Å². The van der Waals surface area contributed by atoms with Crippen LogP contribution in [0.4, 0.5) is 0 Å². The summed E-state index contributed by atoms with van der Waals surface area (Å²) in [4.78, 5) is 17.5. The van der Waals surface area contributed by atoms with Gasteiger partial charge < -0.3 is 9.88 Å². The summed E-state index contributed by atoms with van der Waals surface area (Å²) < 4.78 is 2.27. The van der Waals surface area contributed by atoms with Crippen molar-refractivity contribution >= 4 is 16.9 Å². The van der Waals surface area contributed by atoms with Crippen molar-refractivity contribution in [2.75, 3.05) is 0 Å². The number of nitrogens with zero attached hydrogens (tertiary/aromatic N) is 2. The number of fused-ring (bicyclic) bond motifs is 1. The van der Waals surface area contributed by atoms with Crippen molar-refractivity contribution in [3.05, 3.63) is 90.3 Å². The van der Waals surface area contributed by atoms with Gasteiger partial charge >= 0.3 is 0 Å². The number of carbonyl (C=O) groups is 1. The quantitative estimate of drug-likeness (QED) is 0.270. The van der Waals surface area contributed by atoms with Gasteiger partial charge in [-0.05, 0) is 35.2 Å². The third-order valence-corrected chi connectivity index (χ3v) is 6.09. The Morgan fingerprint density at radius 2 is 1.52 bits per heavy atom. The molecule has 0 spiro atoms. The number of para-hydroxylation sites is 2. The lowest BCUT2D eigenvalue weighted by Gasteiger charge is -2.11. The first-order valence-electron chi connectivity index (χ1n) is 12.1. The third kappa shape index (κ3) is 6.10. The highest BCUT2D eigenvalue weighted by atomic mass is 16.1. The Kier molecular flexibility index (Phi) is 7.91. The molecule has 3 aromatic carbocycles. The van der Waals surface area contributed by atoms with Crippen LogP contribution < -0.4 is 5.32 Å². The molecule has 0 atom stereocenters. The zero-order valence-electron chi connectivity index (χ0n) is 19.5. The highest BCUT2D eigenvalue weighted by molar-refractivity contribution is 5.79. The summed E-state index contributed by atoms with van der Waals surface area (Å²) in [5.41, 5.74) is 5.49. The predicted octanol–water partition coefficient (Wildman–Crippen LogP) is 6.53. The van der Waals surface area contributed by atoms with E-state index in [0.29, 0.717) is 13.0 Å². The van der Waals surface area contributed by atoms with Gasteiger partial charge in [0.25, 0.3) is 0 Å². The Balaban J connectivity index is 1.36. The number of hydrogen-bond acceptors (Lipinski definition) is 2. The van der Waals surface area contributed by atoms with E-state index < -0.39 is 0 Å². The highest BCUT2D eigenvalue weighted by Crippen LogP contribution is 2.20. The van der Waals surface area contributed by atoms with Crippen LogP contribution in [0.1, 0.15) is 50.4 Å². The summed E-state index contributed by atoms with van der Waals surface area (Å²) in [6.45, 7) is 3.63. The Morgan fingerprint density at radius 3 is 2.30 bits per heavy atom. The summed E-state index contributed by atoms with van der Waals surface area (Å²) in [5.74, 6) is 0.948. The molecule has 0 radical (unpaired) electrons. The molecule has 4 nitrogen and oxygen atoms in total. The van der Waals surface area contributed by atoms with E-state index in [9.17, 15) is 4.79 Å².